The molecular weight excluding hydrogens is 324 g/mol. The lowest BCUT2D eigenvalue weighted by molar-refractivity contribution is -0.142. The predicted molar refractivity (Wildman–Crippen MR) is 78.1 cm³/mol. The molecule has 2 aliphatic rings. The maximum Gasteiger partial charge on any atom is 0.333 e. The summed E-state index contributed by atoms with van der Waals surface area (Å²) in [6.07, 6.45) is 0. The van der Waals surface area contributed by atoms with Crippen LogP contribution in [0.3, 0.4) is 0 Å². The maximum atomic E-state index is 12.0. The molecule has 12 nitrogen and oxygen atoms in total. The Morgan fingerprint density at radius 3 is 1.38 bits per heavy atom. The summed E-state index contributed by atoms with van der Waals surface area (Å²) in [5.41, 5.74) is -0.725. The normalized spacial score (nSPS) is 20.1. The quantitative estimate of drug-likeness (QED) is 0.542. The number of amides is 8. The van der Waals surface area contributed by atoms with Gasteiger partial charge in [0.2, 0.25) is 6.04 Å². The molecule has 8 amide bonds. The summed E-state index contributed by atoms with van der Waals surface area (Å²) in [7, 11) is 4.56. The molecule has 0 saturated carbocycles. The average molecular weight is 340 g/mol. The first-order valence-electron chi connectivity index (χ1n) is 6.36. The molecule has 0 aromatic heterocycles. The van der Waals surface area contributed by atoms with Gasteiger partial charge in [-0.3, -0.25) is 43.8 Å². The molecule has 2 saturated heterocycles. The van der Waals surface area contributed by atoms with Crippen molar-refractivity contribution in [2.24, 2.45) is 4.99 Å². The SMILES string of the molecule is CN1C(=O)C(=NC2C(=O)N(C)C(=O)N(C)C2=O)C(=O)N(C)C1=O.N. The van der Waals surface area contributed by atoms with E-state index in [2.05, 4.69) is 4.99 Å². The first kappa shape index (κ1) is 18.9. The van der Waals surface area contributed by atoms with E-state index >= 15 is 0 Å². The lowest BCUT2D eigenvalue weighted by Crippen LogP contribution is -2.61. The van der Waals surface area contributed by atoms with E-state index in [-0.39, 0.29) is 6.15 Å². The molecule has 3 N–H and O–H groups in total. The predicted octanol–water partition coefficient (Wildman–Crippen LogP) is -1.94. The smallest absolute Gasteiger partial charge is 0.333 e. The van der Waals surface area contributed by atoms with Crippen molar-refractivity contribution in [2.75, 3.05) is 28.2 Å². The number of aliphatic imine (C=N–C) groups is 1. The van der Waals surface area contributed by atoms with Gasteiger partial charge in [0.15, 0.2) is 5.71 Å². The molecule has 12 heteroatoms. The van der Waals surface area contributed by atoms with Gasteiger partial charge in [0.25, 0.3) is 23.6 Å². The standard InChI is InChI=1S/C12H13N5O6.H3N/c1-14-7(18)5(8(19)15(2)11(14)22)13-6-9(20)16(3)12(23)17(4)10(6)21;/h5H,1-4H3;1H3. The second-order valence-corrected chi connectivity index (χ2v) is 4.97. The van der Waals surface area contributed by atoms with Crippen molar-refractivity contribution in [2.45, 2.75) is 6.04 Å². The molecule has 130 valence electrons. The van der Waals surface area contributed by atoms with E-state index in [1.165, 1.54) is 0 Å². The summed E-state index contributed by atoms with van der Waals surface area (Å²) in [5, 5.41) is 0. The van der Waals surface area contributed by atoms with E-state index in [4.69, 9.17) is 0 Å². The Hall–Kier alpha value is -3.15. The van der Waals surface area contributed by atoms with Gasteiger partial charge in [-0.05, 0) is 0 Å². The Morgan fingerprint density at radius 1 is 0.667 bits per heavy atom. The van der Waals surface area contributed by atoms with E-state index < -0.39 is 47.4 Å². The number of nitrogens with zero attached hydrogens (tertiary/aromatic N) is 5. The van der Waals surface area contributed by atoms with Crippen LogP contribution >= 0.6 is 0 Å². The van der Waals surface area contributed by atoms with Crippen molar-refractivity contribution in [1.29, 1.82) is 0 Å². The van der Waals surface area contributed by atoms with Gasteiger partial charge in [0.1, 0.15) is 0 Å². The van der Waals surface area contributed by atoms with Crippen LogP contribution in [0.5, 0.6) is 0 Å². The highest BCUT2D eigenvalue weighted by atomic mass is 16.2. The van der Waals surface area contributed by atoms with Gasteiger partial charge in [-0.1, -0.05) is 0 Å². The van der Waals surface area contributed by atoms with E-state index in [1.807, 2.05) is 0 Å². The summed E-state index contributed by atoms with van der Waals surface area (Å²) >= 11 is 0. The molecule has 0 aromatic rings. The van der Waals surface area contributed by atoms with Crippen LogP contribution in [-0.4, -0.2) is 95.2 Å². The Bertz CT molecular complexity index is 650. The van der Waals surface area contributed by atoms with Gasteiger partial charge in [0.05, 0.1) is 0 Å². The minimum absolute atomic E-state index is 0. The van der Waals surface area contributed by atoms with Crippen molar-refractivity contribution in [3.8, 4) is 0 Å². The summed E-state index contributed by atoms with van der Waals surface area (Å²) in [5.74, 6) is -3.98. The van der Waals surface area contributed by atoms with Crippen LogP contribution in [0.1, 0.15) is 0 Å². The highest BCUT2D eigenvalue weighted by molar-refractivity contribution is 6.68. The highest BCUT2D eigenvalue weighted by Crippen LogP contribution is 2.15. The Labute approximate surface area is 136 Å². The van der Waals surface area contributed by atoms with Crippen molar-refractivity contribution in [3.05, 3.63) is 0 Å². The summed E-state index contributed by atoms with van der Waals surface area (Å²) in [6.45, 7) is 0. The van der Waals surface area contributed by atoms with Gasteiger partial charge < -0.3 is 6.15 Å². The summed E-state index contributed by atoms with van der Waals surface area (Å²) in [6, 6.07) is -3.44. The van der Waals surface area contributed by atoms with Crippen LogP contribution < -0.4 is 6.15 Å². The molecule has 0 atom stereocenters. The van der Waals surface area contributed by atoms with Crippen molar-refractivity contribution < 1.29 is 28.8 Å². The number of imide groups is 4. The molecule has 2 aliphatic heterocycles. The van der Waals surface area contributed by atoms with Gasteiger partial charge in [-0.25, -0.2) is 9.59 Å². The minimum Gasteiger partial charge on any atom is -0.344 e. The molecule has 0 bridgehead atoms. The average Bonchev–Trinajstić information content (AvgIpc) is 2.54. The molecule has 2 fully saturated rings. The zero-order valence-corrected chi connectivity index (χ0v) is 13.5. The molecule has 0 unspecified atom stereocenters. The minimum atomic E-state index is -1.74. The monoisotopic (exact) mass is 340 g/mol. The number of urea groups is 2. The van der Waals surface area contributed by atoms with Crippen molar-refractivity contribution >= 4 is 41.4 Å². The third kappa shape index (κ3) is 2.52. The third-order valence-electron chi connectivity index (χ3n) is 3.55. The molecule has 0 spiro atoms. The van der Waals surface area contributed by atoms with Crippen LogP contribution in [0, 0.1) is 0 Å². The van der Waals surface area contributed by atoms with E-state index in [9.17, 15) is 28.8 Å². The molecule has 0 radical (unpaired) electrons. The van der Waals surface area contributed by atoms with Crippen LogP contribution in [0.25, 0.3) is 0 Å². The van der Waals surface area contributed by atoms with E-state index in [1.54, 1.807) is 0 Å². The first-order valence-corrected chi connectivity index (χ1v) is 6.36. The number of barbiturate groups is 2. The fourth-order valence-electron chi connectivity index (χ4n) is 2.04. The summed E-state index contributed by atoms with van der Waals surface area (Å²) in [4.78, 5) is 77.6. The third-order valence-corrected chi connectivity index (χ3v) is 3.55. The molecule has 0 aromatic carbocycles. The number of hydrogen-bond acceptors (Lipinski definition) is 8. The van der Waals surface area contributed by atoms with Gasteiger partial charge in [0, 0.05) is 28.2 Å². The topological polar surface area (TPSA) is 163 Å². The van der Waals surface area contributed by atoms with Crippen LogP contribution in [-0.2, 0) is 19.2 Å². The van der Waals surface area contributed by atoms with E-state index in [0.717, 1.165) is 28.2 Å². The first-order chi connectivity index (χ1) is 10.6. The highest BCUT2D eigenvalue weighted by Gasteiger charge is 2.46. The van der Waals surface area contributed by atoms with Crippen molar-refractivity contribution in [3.63, 3.8) is 0 Å². The molecule has 0 aliphatic carbocycles. The van der Waals surface area contributed by atoms with Crippen LogP contribution in [0.4, 0.5) is 9.59 Å². The molecule has 2 rings (SSSR count). The maximum absolute atomic E-state index is 12.0. The van der Waals surface area contributed by atoms with Gasteiger partial charge in [-0.15, -0.1) is 0 Å². The van der Waals surface area contributed by atoms with Gasteiger partial charge >= 0.3 is 12.1 Å². The Morgan fingerprint density at radius 2 is 1.00 bits per heavy atom. The Balaban J connectivity index is 0.00000288. The Kier molecular flexibility index (Phi) is 4.85. The second kappa shape index (κ2) is 6.16. The molecule has 2 heterocycles. The van der Waals surface area contributed by atoms with Crippen LogP contribution in [0.2, 0.25) is 0 Å². The lowest BCUT2D eigenvalue weighted by atomic mass is 10.1. The summed E-state index contributed by atoms with van der Waals surface area (Å²) < 4.78 is 0. The zero-order chi connectivity index (χ0) is 17.6. The molecule has 24 heavy (non-hydrogen) atoms. The molecular formula is C12H16N6O6. The van der Waals surface area contributed by atoms with Gasteiger partial charge in [-0.2, -0.15) is 0 Å². The number of carbonyl (C=O) groups excluding carboxylic acids is 6. The number of likely N-dealkylation sites (N-methyl/N-ethyl adjacent to an activating group) is 2. The fraction of sp³-hybridized carbons (Fsp3) is 0.417. The fourth-order valence-corrected chi connectivity index (χ4v) is 2.04. The number of carbonyl (C=O) groups is 6. The number of rotatable bonds is 1. The lowest BCUT2D eigenvalue weighted by Gasteiger charge is -2.32. The van der Waals surface area contributed by atoms with Crippen molar-refractivity contribution in [1.82, 2.24) is 25.8 Å². The van der Waals surface area contributed by atoms with E-state index in [0.29, 0.717) is 19.6 Å². The number of hydrogen-bond donors (Lipinski definition) is 1. The van der Waals surface area contributed by atoms with Crippen LogP contribution in [0.15, 0.2) is 4.99 Å². The zero-order valence-electron chi connectivity index (χ0n) is 13.5. The second-order valence-electron chi connectivity index (χ2n) is 4.97. The largest absolute Gasteiger partial charge is 0.344 e.